The summed E-state index contributed by atoms with van der Waals surface area (Å²) in [6.07, 6.45) is 8.39. The van der Waals surface area contributed by atoms with Gasteiger partial charge in [0.15, 0.2) is 0 Å². The number of nitrogens with one attached hydrogen (secondary N) is 1. The minimum atomic E-state index is -0.636. The minimum absolute atomic E-state index is 0.0327. The molecule has 4 saturated carbocycles. The van der Waals surface area contributed by atoms with Crippen LogP contribution in [0.3, 0.4) is 0 Å². The Hall–Kier alpha value is -3.06. The fourth-order valence-corrected chi connectivity index (χ4v) is 13.5. The summed E-state index contributed by atoms with van der Waals surface area (Å²) in [4.78, 5) is 56.8. The number of carbonyl (C=O) groups excluding carboxylic acids is 4. The third kappa shape index (κ3) is 10.7. The van der Waals surface area contributed by atoms with Gasteiger partial charge in [-0.1, -0.05) is 97.3 Å². The van der Waals surface area contributed by atoms with Crippen molar-refractivity contribution in [3.8, 4) is 0 Å². The Morgan fingerprint density at radius 3 is 2.34 bits per heavy atom. The second-order valence-corrected chi connectivity index (χ2v) is 20.8. The van der Waals surface area contributed by atoms with E-state index in [4.69, 9.17) is 19.0 Å². The summed E-state index contributed by atoms with van der Waals surface area (Å²) in [5, 5.41) is 12.5. The number of hydrogen-bond acceptors (Lipinski definition) is 11. The molecule has 1 aromatic carbocycles. The van der Waals surface area contributed by atoms with E-state index in [0.717, 1.165) is 42.4 Å². The molecule has 0 heterocycles. The maximum atomic E-state index is 14.2. The lowest BCUT2D eigenvalue weighted by atomic mass is 9.36. The molecule has 0 saturated heterocycles. The van der Waals surface area contributed by atoms with Gasteiger partial charge < -0.3 is 19.3 Å². The lowest BCUT2D eigenvalue weighted by Gasteiger charge is -2.69. The van der Waals surface area contributed by atoms with Gasteiger partial charge in [0.1, 0.15) is 18.8 Å². The Labute approximate surface area is 359 Å². The van der Waals surface area contributed by atoms with Crippen LogP contribution in [0.25, 0.3) is 0 Å². The Balaban J connectivity index is 1.31. The van der Waals surface area contributed by atoms with E-state index >= 15 is 0 Å². The van der Waals surface area contributed by atoms with E-state index in [1.54, 1.807) is 27.7 Å². The lowest BCUT2D eigenvalue weighted by Crippen LogP contribution is -2.65. The number of rotatable bonds is 18. The van der Waals surface area contributed by atoms with Crippen LogP contribution in [0.1, 0.15) is 118 Å². The van der Waals surface area contributed by atoms with Crippen LogP contribution in [0.15, 0.2) is 65.8 Å². The molecule has 0 aliphatic heterocycles. The van der Waals surface area contributed by atoms with Crippen LogP contribution in [-0.4, -0.2) is 65.3 Å². The molecule has 0 bridgehead atoms. The zero-order valence-electron chi connectivity index (χ0n) is 36.2. The molecule has 0 radical (unpaired) electrons. The Morgan fingerprint density at radius 2 is 1.66 bits per heavy atom. The molecule has 1 aromatic rings. The highest BCUT2D eigenvalue weighted by Gasteiger charge is 2.71. The van der Waals surface area contributed by atoms with E-state index in [2.05, 4.69) is 45.8 Å². The highest BCUT2D eigenvalue weighted by Crippen LogP contribution is 2.74. The van der Waals surface area contributed by atoms with Crippen molar-refractivity contribution in [2.24, 2.45) is 39.9 Å². The fourth-order valence-electron chi connectivity index (χ4n) is 11.6. The van der Waals surface area contributed by atoms with Gasteiger partial charge in [-0.25, -0.2) is 10.3 Å². The third-order valence-electron chi connectivity index (χ3n) is 14.3. The molecule has 0 aromatic heterocycles. The molecule has 5 rings (SSSR count). The molecule has 2 N–H and O–H groups in total. The Morgan fingerprint density at radius 1 is 0.949 bits per heavy atom. The fraction of sp³-hybridized carbons (Fsp3) is 0.660. The van der Waals surface area contributed by atoms with Crippen molar-refractivity contribution >= 4 is 45.4 Å². The third-order valence-corrected chi connectivity index (χ3v) is 16.7. The van der Waals surface area contributed by atoms with Crippen molar-refractivity contribution in [3.05, 3.63) is 71.3 Å². The summed E-state index contributed by atoms with van der Waals surface area (Å²) in [7, 11) is 3.10. The molecule has 1 amide bonds. The van der Waals surface area contributed by atoms with Crippen LogP contribution in [0.4, 0.5) is 0 Å². The van der Waals surface area contributed by atoms with E-state index in [1.807, 2.05) is 44.2 Å². The van der Waals surface area contributed by atoms with Crippen molar-refractivity contribution in [1.82, 2.24) is 5.48 Å². The largest absolute Gasteiger partial charge is 0.462 e. The number of benzene rings is 1. The summed E-state index contributed by atoms with van der Waals surface area (Å²) in [5.74, 6) is 0.203. The molecule has 4 aliphatic rings. The lowest BCUT2D eigenvalue weighted by molar-refractivity contribution is -0.236. The first-order valence-corrected chi connectivity index (χ1v) is 23.9. The smallest absolute Gasteiger partial charge is 0.334 e. The number of aliphatic hydroxyl groups excluding tert-OH is 1. The normalized spacial score (nSPS) is 33.0. The van der Waals surface area contributed by atoms with Crippen molar-refractivity contribution < 1.29 is 43.3 Å². The van der Waals surface area contributed by atoms with Gasteiger partial charge in [-0.15, -0.1) is 6.58 Å². The van der Waals surface area contributed by atoms with Crippen molar-refractivity contribution in [3.63, 3.8) is 0 Å². The highest BCUT2D eigenvalue weighted by atomic mass is 33.1. The Kier molecular flexibility index (Phi) is 16.5. The first-order valence-electron chi connectivity index (χ1n) is 21.4. The topological polar surface area (TPSA) is 137 Å². The molecule has 4 fully saturated rings. The van der Waals surface area contributed by atoms with Gasteiger partial charge in [-0.05, 0) is 116 Å². The number of allylic oxidation sites excluding steroid dienone is 2. The molecular weight excluding hydrogens is 787 g/mol. The van der Waals surface area contributed by atoms with Crippen LogP contribution in [0, 0.1) is 39.9 Å². The second kappa shape index (κ2) is 20.7. The zero-order chi connectivity index (χ0) is 43.0. The van der Waals surface area contributed by atoms with E-state index in [1.165, 1.54) is 6.92 Å². The molecule has 326 valence electrons. The van der Waals surface area contributed by atoms with Crippen LogP contribution in [0.5, 0.6) is 0 Å². The molecule has 10 atom stereocenters. The number of hydroxylamine groups is 1. The van der Waals surface area contributed by atoms with Gasteiger partial charge in [0.2, 0.25) is 5.91 Å². The van der Waals surface area contributed by atoms with Crippen molar-refractivity contribution in [1.29, 1.82) is 0 Å². The average molecular weight is 854 g/mol. The van der Waals surface area contributed by atoms with E-state index in [9.17, 15) is 24.3 Å². The van der Waals surface area contributed by atoms with Crippen LogP contribution in [0.2, 0.25) is 0 Å². The maximum Gasteiger partial charge on any atom is 0.334 e. The average Bonchev–Trinajstić information content (AvgIpc) is 3.45. The van der Waals surface area contributed by atoms with E-state index in [-0.39, 0.29) is 83.0 Å². The second-order valence-electron chi connectivity index (χ2n) is 18.1. The molecule has 4 aliphatic carbocycles. The standard InChI is InChI=1S/C47H67NO9S2/c1-9-24-55-48-40(51)20-25-58-59-26-21-41(52)57-38-19-22-45(6)35(31(38)4)18-23-46(7)43(45)37(50)27-36-42(39(56-32(5)49)28-47(36,46)8)34(17-13-14-30(2)3)44(53)54-29-33-15-11-10-12-16-33/h9-12,14-16,31,35-39,43,50H,1,13,17-29H2,2-8H3,(H,48,51)/b42-34+/t31-,35-,36+,37+,38+,39-,43+,45-,46-,47-/m0/s1. The Bertz CT molecular complexity index is 1730. The maximum absolute atomic E-state index is 14.2. The summed E-state index contributed by atoms with van der Waals surface area (Å²) in [6, 6.07) is 9.64. The minimum Gasteiger partial charge on any atom is -0.462 e. The summed E-state index contributed by atoms with van der Waals surface area (Å²) in [5.41, 5.74) is 4.93. The van der Waals surface area contributed by atoms with Gasteiger partial charge >= 0.3 is 17.9 Å². The molecule has 12 heteroatoms. The monoisotopic (exact) mass is 853 g/mol. The van der Waals surface area contributed by atoms with Gasteiger partial charge in [-0.2, -0.15) is 0 Å². The predicted molar refractivity (Wildman–Crippen MR) is 233 cm³/mol. The number of esters is 3. The molecule has 10 nitrogen and oxygen atoms in total. The number of amides is 1. The molecule has 59 heavy (non-hydrogen) atoms. The van der Waals surface area contributed by atoms with Crippen LogP contribution >= 0.6 is 21.6 Å². The number of aliphatic hydroxyl groups is 1. The quantitative estimate of drug-likeness (QED) is 0.0278. The van der Waals surface area contributed by atoms with Gasteiger partial charge in [0, 0.05) is 30.4 Å². The predicted octanol–water partition coefficient (Wildman–Crippen LogP) is 9.27. The number of hydrogen-bond donors (Lipinski definition) is 2. The van der Waals surface area contributed by atoms with Crippen molar-refractivity contribution in [2.45, 2.75) is 138 Å². The van der Waals surface area contributed by atoms with Crippen molar-refractivity contribution in [2.75, 3.05) is 18.1 Å². The molecule has 0 spiro atoms. The molecular formula is C47H67NO9S2. The van der Waals surface area contributed by atoms with Gasteiger partial charge in [-0.3, -0.25) is 19.2 Å². The van der Waals surface area contributed by atoms with Crippen LogP contribution in [-0.2, 0) is 44.8 Å². The first-order chi connectivity index (χ1) is 28.1. The number of carbonyl (C=O) groups is 4. The number of ether oxygens (including phenoxy) is 3. The molecule has 0 unspecified atom stereocenters. The summed E-state index contributed by atoms with van der Waals surface area (Å²) in [6.45, 7) is 18.7. The van der Waals surface area contributed by atoms with Crippen LogP contribution < -0.4 is 5.48 Å². The zero-order valence-corrected chi connectivity index (χ0v) is 37.9. The highest BCUT2D eigenvalue weighted by molar-refractivity contribution is 8.76. The SMILES string of the molecule is C=CCONC(=O)CCSSCCC(=O)O[C@@H]1CC[C@]2(C)[C@H]3[C@H](O)C[C@@H]4/C(=C(/CCC=C(C)C)C(=O)OCc5ccccc5)[C@@H](OC(C)=O)C[C@]4(C)[C@@]3(C)CC[C@H]2[C@@H]1C. The summed E-state index contributed by atoms with van der Waals surface area (Å²) < 4.78 is 18.3. The van der Waals surface area contributed by atoms with Gasteiger partial charge in [0.25, 0.3) is 0 Å². The van der Waals surface area contributed by atoms with E-state index < -0.39 is 12.2 Å². The van der Waals surface area contributed by atoms with Gasteiger partial charge in [0.05, 0.1) is 19.1 Å². The van der Waals surface area contributed by atoms with E-state index in [0.29, 0.717) is 55.6 Å². The first kappa shape index (κ1) is 47.0. The summed E-state index contributed by atoms with van der Waals surface area (Å²) >= 11 is 0. The number of fused-ring (bicyclic) bond motifs is 5.